The van der Waals surface area contributed by atoms with E-state index < -0.39 is 38.2 Å². The van der Waals surface area contributed by atoms with E-state index in [1.807, 2.05) is 0 Å². The number of hydrogen-bond acceptors (Lipinski definition) is 4. The lowest BCUT2D eigenvalue weighted by Gasteiger charge is -2.13. The van der Waals surface area contributed by atoms with Gasteiger partial charge in [-0.3, -0.25) is 4.79 Å². The van der Waals surface area contributed by atoms with Crippen LogP contribution in [0.1, 0.15) is 16.8 Å². The van der Waals surface area contributed by atoms with E-state index in [0.717, 1.165) is 30.3 Å². The minimum absolute atomic E-state index is 0.0481. The highest BCUT2D eigenvalue weighted by molar-refractivity contribution is 7.91. The van der Waals surface area contributed by atoms with E-state index in [1.54, 1.807) is 11.5 Å². The summed E-state index contributed by atoms with van der Waals surface area (Å²) in [5.74, 6) is -2.60. The molecule has 1 aromatic heterocycles. The molecule has 0 atom stereocenters. The van der Waals surface area contributed by atoms with Gasteiger partial charge in [0.2, 0.25) is 9.84 Å². The molecule has 176 valence electrons. The zero-order chi connectivity index (χ0) is 24.6. The third kappa shape index (κ3) is 4.19. The van der Waals surface area contributed by atoms with E-state index in [2.05, 4.69) is 0 Å². The summed E-state index contributed by atoms with van der Waals surface area (Å²) in [6, 6.07) is 12.1. The molecule has 0 bridgehead atoms. The SMILES string of the molecule is COC(=O)Cn1c(C)c(Cc2cccc(F)c2S(=O)(=O)c2ccc(F)cc2)c2cc(F)ccc21. The Hall–Kier alpha value is -3.59. The van der Waals surface area contributed by atoms with Gasteiger partial charge in [-0.1, -0.05) is 12.1 Å². The molecule has 0 saturated heterocycles. The number of benzene rings is 3. The summed E-state index contributed by atoms with van der Waals surface area (Å²) in [6.45, 7) is 1.58. The number of hydrogen-bond donors (Lipinski definition) is 0. The van der Waals surface area contributed by atoms with Crippen molar-refractivity contribution in [3.63, 3.8) is 0 Å². The first-order chi connectivity index (χ1) is 16.1. The number of methoxy groups -OCH3 is 1. The average molecular weight is 487 g/mol. The van der Waals surface area contributed by atoms with Crippen LogP contribution in [0.4, 0.5) is 13.2 Å². The number of carbonyl (C=O) groups excluding carboxylic acids is 1. The van der Waals surface area contributed by atoms with Crippen molar-refractivity contribution in [2.24, 2.45) is 0 Å². The van der Waals surface area contributed by atoms with Gasteiger partial charge in [0.1, 0.15) is 28.9 Å². The van der Waals surface area contributed by atoms with E-state index in [4.69, 9.17) is 4.74 Å². The quantitative estimate of drug-likeness (QED) is 0.285. The van der Waals surface area contributed by atoms with Crippen LogP contribution in [0.3, 0.4) is 0 Å². The summed E-state index contributed by atoms with van der Waals surface area (Å²) in [5, 5.41) is 0.468. The fraction of sp³-hybridized carbons (Fsp3) is 0.160. The van der Waals surface area contributed by atoms with Crippen LogP contribution in [0.5, 0.6) is 0 Å². The van der Waals surface area contributed by atoms with Crippen molar-refractivity contribution in [1.82, 2.24) is 4.57 Å². The zero-order valence-electron chi connectivity index (χ0n) is 18.3. The zero-order valence-corrected chi connectivity index (χ0v) is 19.1. The van der Waals surface area contributed by atoms with Crippen LogP contribution in [0, 0.1) is 24.4 Å². The standard InChI is InChI=1S/C25H20F3NO4S/c1-15-20(21-13-18(27)8-11-23(21)29(15)14-24(30)33-2)12-16-4-3-5-22(28)25(16)34(31,32)19-9-6-17(26)7-10-19/h3-11,13H,12,14H2,1-2H3. The van der Waals surface area contributed by atoms with Crippen molar-refractivity contribution in [2.75, 3.05) is 7.11 Å². The number of aromatic nitrogens is 1. The van der Waals surface area contributed by atoms with Crippen LogP contribution in [0.25, 0.3) is 10.9 Å². The van der Waals surface area contributed by atoms with E-state index in [0.29, 0.717) is 22.2 Å². The second kappa shape index (κ2) is 8.98. The van der Waals surface area contributed by atoms with Gasteiger partial charge in [0.05, 0.1) is 12.0 Å². The lowest BCUT2D eigenvalue weighted by atomic mass is 10.0. The van der Waals surface area contributed by atoms with Gasteiger partial charge in [-0.15, -0.1) is 0 Å². The van der Waals surface area contributed by atoms with E-state index in [1.165, 1.54) is 37.4 Å². The highest BCUT2D eigenvalue weighted by Gasteiger charge is 2.27. The molecule has 0 spiro atoms. The van der Waals surface area contributed by atoms with Crippen molar-refractivity contribution in [2.45, 2.75) is 29.7 Å². The number of halogens is 3. The molecule has 0 aliphatic heterocycles. The van der Waals surface area contributed by atoms with Gasteiger partial charge in [-0.05, 0) is 66.6 Å². The Morgan fingerprint density at radius 2 is 1.65 bits per heavy atom. The number of nitrogens with zero attached hydrogens (tertiary/aromatic N) is 1. The van der Waals surface area contributed by atoms with Crippen LogP contribution in [0.15, 0.2) is 70.5 Å². The molecule has 0 amide bonds. The second-order valence-corrected chi connectivity index (χ2v) is 9.64. The van der Waals surface area contributed by atoms with E-state index >= 15 is 0 Å². The molecule has 0 aliphatic carbocycles. The molecule has 0 N–H and O–H groups in total. The Morgan fingerprint density at radius 3 is 2.32 bits per heavy atom. The molecule has 3 aromatic carbocycles. The van der Waals surface area contributed by atoms with Gasteiger partial charge in [-0.2, -0.15) is 0 Å². The monoisotopic (exact) mass is 487 g/mol. The first-order valence-electron chi connectivity index (χ1n) is 10.3. The molecular weight excluding hydrogens is 467 g/mol. The number of sulfone groups is 1. The molecular formula is C25H20F3NO4S. The average Bonchev–Trinajstić information content (AvgIpc) is 3.04. The molecule has 9 heteroatoms. The molecule has 34 heavy (non-hydrogen) atoms. The fourth-order valence-corrected chi connectivity index (χ4v) is 5.60. The van der Waals surface area contributed by atoms with Crippen molar-refractivity contribution in [3.8, 4) is 0 Å². The molecule has 0 aliphatic rings. The van der Waals surface area contributed by atoms with E-state index in [9.17, 15) is 26.4 Å². The first kappa shape index (κ1) is 23.6. The maximum atomic E-state index is 14.9. The van der Waals surface area contributed by atoms with Gasteiger partial charge in [0.25, 0.3) is 0 Å². The largest absolute Gasteiger partial charge is 0.468 e. The normalized spacial score (nSPS) is 11.7. The van der Waals surface area contributed by atoms with Gasteiger partial charge < -0.3 is 9.30 Å². The molecule has 4 aromatic rings. The maximum absolute atomic E-state index is 14.9. The van der Waals surface area contributed by atoms with Crippen molar-refractivity contribution in [3.05, 3.63) is 94.9 Å². The Balaban J connectivity index is 1.89. The van der Waals surface area contributed by atoms with Crippen LogP contribution in [0.2, 0.25) is 0 Å². The highest BCUT2D eigenvalue weighted by atomic mass is 32.2. The molecule has 0 saturated carbocycles. The van der Waals surface area contributed by atoms with Crippen LogP contribution >= 0.6 is 0 Å². The summed E-state index contributed by atoms with van der Waals surface area (Å²) >= 11 is 0. The lowest BCUT2D eigenvalue weighted by Crippen LogP contribution is -2.13. The van der Waals surface area contributed by atoms with Crippen LogP contribution in [-0.2, 0) is 32.3 Å². The topological polar surface area (TPSA) is 65.4 Å². The number of esters is 1. The smallest absolute Gasteiger partial charge is 0.325 e. The second-order valence-electron chi connectivity index (χ2n) is 7.75. The molecule has 0 radical (unpaired) electrons. The Bertz CT molecular complexity index is 1510. The minimum atomic E-state index is -4.32. The summed E-state index contributed by atoms with van der Waals surface area (Å²) < 4.78 is 75.4. The van der Waals surface area contributed by atoms with Gasteiger partial charge >= 0.3 is 5.97 Å². The highest BCUT2D eigenvalue weighted by Crippen LogP contribution is 2.33. The van der Waals surface area contributed by atoms with Gasteiger partial charge in [0.15, 0.2) is 0 Å². The van der Waals surface area contributed by atoms with Crippen molar-refractivity contribution >= 4 is 26.7 Å². The van der Waals surface area contributed by atoms with Crippen LogP contribution < -0.4 is 0 Å². The number of rotatable bonds is 6. The third-order valence-electron chi connectivity index (χ3n) is 5.74. The van der Waals surface area contributed by atoms with E-state index in [-0.39, 0.29) is 23.4 Å². The summed E-state index contributed by atoms with van der Waals surface area (Å²) in [7, 11) is -3.07. The number of ether oxygens (including phenoxy) is 1. The van der Waals surface area contributed by atoms with Crippen molar-refractivity contribution < 1.29 is 31.1 Å². The first-order valence-corrected chi connectivity index (χ1v) is 11.7. The summed E-state index contributed by atoms with van der Waals surface area (Å²) in [5.41, 5.74) is 1.83. The number of carbonyl (C=O) groups is 1. The summed E-state index contributed by atoms with van der Waals surface area (Å²) in [4.78, 5) is 11.2. The predicted octanol–water partition coefficient (Wildman–Crippen LogP) is 4.96. The lowest BCUT2D eigenvalue weighted by molar-refractivity contribution is -0.141. The third-order valence-corrected chi connectivity index (χ3v) is 7.63. The van der Waals surface area contributed by atoms with Crippen LogP contribution in [-0.4, -0.2) is 26.1 Å². The molecule has 0 fully saturated rings. The summed E-state index contributed by atoms with van der Waals surface area (Å²) in [6.07, 6.45) is -0.0481. The molecule has 1 heterocycles. The Kier molecular flexibility index (Phi) is 6.22. The molecule has 4 rings (SSSR count). The Morgan fingerprint density at radius 1 is 0.971 bits per heavy atom. The fourth-order valence-electron chi connectivity index (χ4n) is 4.06. The molecule has 0 unspecified atom stereocenters. The maximum Gasteiger partial charge on any atom is 0.325 e. The predicted molar refractivity (Wildman–Crippen MR) is 120 cm³/mol. The number of fused-ring (bicyclic) bond motifs is 1. The van der Waals surface area contributed by atoms with Crippen molar-refractivity contribution in [1.29, 1.82) is 0 Å². The van der Waals surface area contributed by atoms with Gasteiger partial charge in [0, 0.05) is 23.0 Å². The minimum Gasteiger partial charge on any atom is -0.468 e. The Labute approximate surface area is 194 Å². The van der Waals surface area contributed by atoms with Gasteiger partial charge in [-0.25, -0.2) is 21.6 Å². The molecule has 5 nitrogen and oxygen atoms in total.